The number of rotatable bonds is 7. The number of nitrogens with one attached hydrogen (secondary N) is 3. The highest BCUT2D eigenvalue weighted by Gasteiger charge is 2.23. The van der Waals surface area contributed by atoms with Gasteiger partial charge in [0, 0.05) is 21.8 Å². The number of carbonyl (C=O) groups excluding carboxylic acids is 3. The first kappa shape index (κ1) is 20.9. The summed E-state index contributed by atoms with van der Waals surface area (Å²) in [6, 6.07) is 13.4. The van der Waals surface area contributed by atoms with Gasteiger partial charge < -0.3 is 20.7 Å². The summed E-state index contributed by atoms with van der Waals surface area (Å²) < 4.78 is 5.65. The summed E-state index contributed by atoms with van der Waals surface area (Å²) in [6.07, 6.45) is 1.99. The Hall–Kier alpha value is -2.87. The van der Waals surface area contributed by atoms with Gasteiger partial charge in [0.1, 0.15) is 0 Å². The number of benzene rings is 2. The Morgan fingerprint density at radius 1 is 1.14 bits per heavy atom. The fourth-order valence-electron chi connectivity index (χ4n) is 2.76. The minimum atomic E-state index is -0.544. The molecule has 0 spiro atoms. The highest BCUT2D eigenvalue weighted by atomic mass is 79.9. The van der Waals surface area contributed by atoms with Gasteiger partial charge in [-0.1, -0.05) is 34.1 Å². The molecule has 3 rings (SSSR count). The smallest absolute Gasteiger partial charge is 0.319 e. The second kappa shape index (κ2) is 9.56. The van der Waals surface area contributed by atoms with E-state index in [0.29, 0.717) is 11.3 Å². The Labute approximate surface area is 177 Å². The van der Waals surface area contributed by atoms with Crippen molar-refractivity contribution in [1.82, 2.24) is 10.6 Å². The molecule has 3 N–H and O–H groups in total. The fraction of sp³-hybridized carbons (Fsp3) is 0.286. The van der Waals surface area contributed by atoms with Crippen LogP contribution in [0.5, 0.6) is 0 Å². The van der Waals surface area contributed by atoms with Crippen LogP contribution in [0.25, 0.3) is 0 Å². The lowest BCUT2D eigenvalue weighted by Gasteiger charge is -2.19. The molecule has 0 heterocycles. The number of urea groups is 1. The number of amides is 3. The summed E-state index contributed by atoms with van der Waals surface area (Å²) in [5.74, 6) is -0.779. The van der Waals surface area contributed by atoms with Gasteiger partial charge in [-0.05, 0) is 48.7 Å². The van der Waals surface area contributed by atoms with Gasteiger partial charge in [0.05, 0.1) is 19.6 Å². The van der Waals surface area contributed by atoms with E-state index in [0.717, 1.165) is 22.9 Å². The van der Waals surface area contributed by atoms with Crippen molar-refractivity contribution in [2.24, 2.45) is 0 Å². The SMILES string of the molecule is COC(=O)CC(NC(=O)c1cccc(NC(=O)NC2CC2)c1)c1ccc(Br)cc1. The average molecular weight is 460 g/mol. The Bertz CT molecular complexity index is 897. The molecule has 1 aliphatic rings. The maximum absolute atomic E-state index is 12.8. The number of esters is 1. The van der Waals surface area contributed by atoms with Crippen LogP contribution in [-0.4, -0.2) is 31.1 Å². The van der Waals surface area contributed by atoms with Gasteiger partial charge >= 0.3 is 12.0 Å². The van der Waals surface area contributed by atoms with Crippen molar-refractivity contribution in [1.29, 1.82) is 0 Å². The molecule has 152 valence electrons. The van der Waals surface area contributed by atoms with E-state index in [-0.39, 0.29) is 24.4 Å². The average Bonchev–Trinajstić information content (AvgIpc) is 3.51. The molecular weight excluding hydrogens is 438 g/mol. The summed E-state index contributed by atoms with van der Waals surface area (Å²) in [5, 5.41) is 8.44. The molecule has 1 atom stereocenters. The zero-order valence-electron chi connectivity index (χ0n) is 15.9. The van der Waals surface area contributed by atoms with Crippen LogP contribution in [0.15, 0.2) is 53.0 Å². The van der Waals surface area contributed by atoms with Gasteiger partial charge in [-0.2, -0.15) is 0 Å². The summed E-state index contributed by atoms with van der Waals surface area (Å²) in [4.78, 5) is 36.5. The van der Waals surface area contributed by atoms with Crippen LogP contribution in [-0.2, 0) is 9.53 Å². The lowest BCUT2D eigenvalue weighted by Crippen LogP contribution is -2.31. The number of ether oxygens (including phenoxy) is 1. The molecule has 29 heavy (non-hydrogen) atoms. The quantitative estimate of drug-likeness (QED) is 0.549. The standard InChI is InChI=1S/C21H22BrN3O4/c1-29-19(26)12-18(13-5-7-15(22)8-6-13)25-20(27)14-3-2-4-17(11-14)24-21(28)23-16-9-10-16/h2-8,11,16,18H,9-10,12H2,1H3,(H,25,27)(H2,23,24,28). The molecule has 0 bridgehead atoms. The van der Waals surface area contributed by atoms with Gasteiger partial charge in [-0.15, -0.1) is 0 Å². The Morgan fingerprint density at radius 2 is 1.86 bits per heavy atom. The lowest BCUT2D eigenvalue weighted by molar-refractivity contribution is -0.141. The molecule has 8 heteroatoms. The summed E-state index contributed by atoms with van der Waals surface area (Å²) in [6.45, 7) is 0. The summed E-state index contributed by atoms with van der Waals surface area (Å²) in [7, 11) is 1.31. The second-order valence-electron chi connectivity index (χ2n) is 6.81. The first-order valence-electron chi connectivity index (χ1n) is 9.25. The molecule has 0 aromatic heterocycles. The Balaban J connectivity index is 1.71. The van der Waals surface area contributed by atoms with Crippen LogP contribution < -0.4 is 16.0 Å². The predicted molar refractivity (Wildman–Crippen MR) is 113 cm³/mol. The van der Waals surface area contributed by atoms with Crippen molar-refractivity contribution in [3.8, 4) is 0 Å². The van der Waals surface area contributed by atoms with Crippen LogP contribution in [0.4, 0.5) is 10.5 Å². The van der Waals surface area contributed by atoms with Gasteiger partial charge in [0.2, 0.25) is 0 Å². The molecule has 1 aliphatic carbocycles. The minimum Gasteiger partial charge on any atom is -0.469 e. The van der Waals surface area contributed by atoms with E-state index in [1.807, 2.05) is 24.3 Å². The number of methoxy groups -OCH3 is 1. The van der Waals surface area contributed by atoms with Crippen molar-refractivity contribution in [2.75, 3.05) is 12.4 Å². The first-order chi connectivity index (χ1) is 13.9. The van der Waals surface area contributed by atoms with Crippen LogP contribution in [0.3, 0.4) is 0 Å². The maximum atomic E-state index is 12.8. The molecule has 0 saturated heterocycles. The topological polar surface area (TPSA) is 96.5 Å². The van der Waals surface area contributed by atoms with Crippen LogP contribution >= 0.6 is 15.9 Å². The second-order valence-corrected chi connectivity index (χ2v) is 7.73. The molecular formula is C21H22BrN3O4. The molecule has 2 aromatic rings. The zero-order chi connectivity index (χ0) is 20.8. The predicted octanol–water partition coefficient (Wildman–Crippen LogP) is 3.77. The van der Waals surface area contributed by atoms with Gasteiger partial charge in [-0.3, -0.25) is 9.59 Å². The van der Waals surface area contributed by atoms with Gasteiger partial charge in [-0.25, -0.2) is 4.79 Å². The third-order valence-corrected chi connectivity index (χ3v) is 5.00. The van der Waals surface area contributed by atoms with Crippen molar-refractivity contribution in [3.05, 3.63) is 64.1 Å². The Kier molecular flexibility index (Phi) is 6.87. The number of anilines is 1. The molecule has 0 aliphatic heterocycles. The Morgan fingerprint density at radius 3 is 2.52 bits per heavy atom. The number of hydrogen-bond donors (Lipinski definition) is 3. The number of hydrogen-bond acceptors (Lipinski definition) is 4. The molecule has 0 radical (unpaired) electrons. The highest BCUT2D eigenvalue weighted by molar-refractivity contribution is 9.10. The molecule has 7 nitrogen and oxygen atoms in total. The zero-order valence-corrected chi connectivity index (χ0v) is 17.5. The summed E-state index contributed by atoms with van der Waals surface area (Å²) in [5.41, 5.74) is 1.68. The van der Waals surface area contributed by atoms with Crippen molar-refractivity contribution in [3.63, 3.8) is 0 Å². The van der Waals surface area contributed by atoms with Crippen LogP contribution in [0, 0.1) is 0 Å². The van der Waals surface area contributed by atoms with E-state index in [4.69, 9.17) is 4.74 Å². The molecule has 1 fully saturated rings. The normalized spacial score (nSPS) is 13.9. The minimum absolute atomic E-state index is 0.00556. The molecule has 1 saturated carbocycles. The van der Waals surface area contributed by atoms with E-state index in [1.54, 1.807) is 24.3 Å². The third-order valence-electron chi connectivity index (χ3n) is 4.47. The van der Waals surface area contributed by atoms with Crippen molar-refractivity contribution < 1.29 is 19.1 Å². The molecule has 2 aromatic carbocycles. The van der Waals surface area contributed by atoms with E-state index in [2.05, 4.69) is 31.9 Å². The van der Waals surface area contributed by atoms with Gasteiger partial charge in [0.15, 0.2) is 0 Å². The fourth-order valence-corrected chi connectivity index (χ4v) is 3.02. The van der Waals surface area contributed by atoms with E-state index >= 15 is 0 Å². The molecule has 3 amide bonds. The summed E-state index contributed by atoms with van der Waals surface area (Å²) >= 11 is 3.37. The van der Waals surface area contributed by atoms with Crippen molar-refractivity contribution >= 4 is 39.5 Å². The largest absolute Gasteiger partial charge is 0.469 e. The lowest BCUT2D eigenvalue weighted by atomic mass is 10.0. The van der Waals surface area contributed by atoms with E-state index in [1.165, 1.54) is 7.11 Å². The van der Waals surface area contributed by atoms with E-state index in [9.17, 15) is 14.4 Å². The highest BCUT2D eigenvalue weighted by Crippen LogP contribution is 2.22. The number of carbonyl (C=O) groups is 3. The van der Waals surface area contributed by atoms with Crippen LogP contribution in [0.2, 0.25) is 0 Å². The number of halogens is 1. The third kappa shape index (κ3) is 6.32. The first-order valence-corrected chi connectivity index (χ1v) is 10.0. The van der Waals surface area contributed by atoms with Crippen molar-refractivity contribution in [2.45, 2.75) is 31.3 Å². The van der Waals surface area contributed by atoms with E-state index < -0.39 is 12.0 Å². The monoisotopic (exact) mass is 459 g/mol. The van der Waals surface area contributed by atoms with Crippen LogP contribution in [0.1, 0.15) is 41.2 Å². The molecule has 1 unspecified atom stereocenters. The van der Waals surface area contributed by atoms with Gasteiger partial charge in [0.25, 0.3) is 5.91 Å². The maximum Gasteiger partial charge on any atom is 0.319 e.